The summed E-state index contributed by atoms with van der Waals surface area (Å²) in [5, 5.41) is 0. The third-order valence-electron chi connectivity index (χ3n) is 2.07. The molecule has 0 atom stereocenters. The van der Waals surface area contributed by atoms with Crippen LogP contribution in [-0.4, -0.2) is 4.57 Å². The Kier molecular flexibility index (Phi) is 2.26. The SMILES string of the molecule is FC(F)(F)c1ccn(-c2ccccc2)c1. The summed E-state index contributed by atoms with van der Waals surface area (Å²) >= 11 is 0. The maximum atomic E-state index is 12.3. The molecule has 4 heteroatoms. The zero-order chi connectivity index (χ0) is 10.9. The number of rotatable bonds is 1. The number of hydrogen-bond acceptors (Lipinski definition) is 0. The monoisotopic (exact) mass is 211 g/mol. The van der Waals surface area contributed by atoms with Crippen molar-refractivity contribution in [1.82, 2.24) is 4.57 Å². The van der Waals surface area contributed by atoms with E-state index in [4.69, 9.17) is 0 Å². The van der Waals surface area contributed by atoms with Crippen molar-refractivity contribution in [1.29, 1.82) is 0 Å². The normalized spacial score (nSPS) is 11.7. The van der Waals surface area contributed by atoms with Crippen molar-refractivity contribution in [3.63, 3.8) is 0 Å². The minimum Gasteiger partial charge on any atom is -0.323 e. The summed E-state index contributed by atoms with van der Waals surface area (Å²) in [6, 6.07) is 9.94. The Labute approximate surface area is 84.8 Å². The van der Waals surface area contributed by atoms with Crippen molar-refractivity contribution in [2.75, 3.05) is 0 Å². The summed E-state index contributed by atoms with van der Waals surface area (Å²) < 4.78 is 38.4. The highest BCUT2D eigenvalue weighted by Crippen LogP contribution is 2.29. The molecule has 2 aromatic rings. The van der Waals surface area contributed by atoms with Crippen LogP contribution in [0.3, 0.4) is 0 Å². The summed E-state index contributed by atoms with van der Waals surface area (Å²) in [5.74, 6) is 0. The molecule has 1 aromatic carbocycles. The largest absolute Gasteiger partial charge is 0.417 e. The number of alkyl halides is 3. The first-order valence-electron chi connectivity index (χ1n) is 4.38. The van der Waals surface area contributed by atoms with Crippen molar-refractivity contribution in [2.45, 2.75) is 6.18 Å². The Morgan fingerprint density at radius 2 is 1.60 bits per heavy atom. The number of para-hydroxylation sites is 1. The smallest absolute Gasteiger partial charge is 0.323 e. The van der Waals surface area contributed by atoms with E-state index in [2.05, 4.69) is 0 Å². The molecule has 0 N–H and O–H groups in total. The third kappa shape index (κ3) is 2.03. The van der Waals surface area contributed by atoms with Crippen molar-refractivity contribution in [3.8, 4) is 5.69 Å². The van der Waals surface area contributed by atoms with Gasteiger partial charge >= 0.3 is 6.18 Å². The maximum Gasteiger partial charge on any atom is 0.417 e. The molecule has 0 saturated carbocycles. The molecule has 0 fully saturated rings. The molecule has 0 unspecified atom stereocenters. The molecule has 1 nitrogen and oxygen atoms in total. The Morgan fingerprint density at radius 3 is 2.13 bits per heavy atom. The molecule has 0 spiro atoms. The molecule has 15 heavy (non-hydrogen) atoms. The summed E-state index contributed by atoms with van der Waals surface area (Å²) in [5.41, 5.74) is 0.0827. The lowest BCUT2D eigenvalue weighted by atomic mass is 10.3. The van der Waals surface area contributed by atoms with E-state index in [0.29, 0.717) is 5.69 Å². The average Bonchev–Trinajstić information content (AvgIpc) is 2.67. The Morgan fingerprint density at radius 1 is 0.933 bits per heavy atom. The van der Waals surface area contributed by atoms with Gasteiger partial charge in [-0.1, -0.05) is 18.2 Å². The quantitative estimate of drug-likeness (QED) is 0.680. The molecular formula is C11H8F3N. The van der Waals surface area contributed by atoms with Gasteiger partial charge in [0.1, 0.15) is 0 Å². The molecule has 0 saturated heterocycles. The van der Waals surface area contributed by atoms with E-state index >= 15 is 0 Å². The van der Waals surface area contributed by atoms with Crippen molar-refractivity contribution < 1.29 is 13.2 Å². The third-order valence-corrected chi connectivity index (χ3v) is 2.07. The fourth-order valence-corrected chi connectivity index (χ4v) is 1.32. The summed E-state index contributed by atoms with van der Waals surface area (Å²) in [6.07, 6.45) is -1.80. The molecule has 0 aliphatic rings. The van der Waals surface area contributed by atoms with Crippen LogP contribution in [0.1, 0.15) is 5.56 Å². The van der Waals surface area contributed by atoms with E-state index in [1.54, 1.807) is 24.3 Å². The van der Waals surface area contributed by atoms with Crippen LogP contribution in [0.25, 0.3) is 5.69 Å². The van der Waals surface area contributed by atoms with Crippen molar-refractivity contribution >= 4 is 0 Å². The van der Waals surface area contributed by atoms with Crippen LogP contribution in [0, 0.1) is 0 Å². The molecule has 0 aliphatic carbocycles. The second-order valence-corrected chi connectivity index (χ2v) is 3.14. The van der Waals surface area contributed by atoms with Gasteiger partial charge in [-0.25, -0.2) is 0 Å². The fraction of sp³-hybridized carbons (Fsp3) is 0.0909. The molecule has 1 heterocycles. The molecular weight excluding hydrogens is 203 g/mol. The summed E-state index contributed by atoms with van der Waals surface area (Å²) in [7, 11) is 0. The van der Waals surface area contributed by atoms with Gasteiger partial charge in [0.05, 0.1) is 5.56 Å². The zero-order valence-electron chi connectivity index (χ0n) is 7.70. The van der Waals surface area contributed by atoms with Crippen molar-refractivity contribution in [3.05, 3.63) is 54.4 Å². The van der Waals surface area contributed by atoms with Crippen LogP contribution in [0.2, 0.25) is 0 Å². The van der Waals surface area contributed by atoms with Gasteiger partial charge in [-0.3, -0.25) is 0 Å². The number of nitrogens with zero attached hydrogens (tertiary/aromatic N) is 1. The minimum atomic E-state index is -4.28. The molecule has 0 bridgehead atoms. The van der Waals surface area contributed by atoms with Gasteiger partial charge in [-0.05, 0) is 18.2 Å². The number of halogens is 3. The van der Waals surface area contributed by atoms with Crippen LogP contribution in [0.4, 0.5) is 13.2 Å². The van der Waals surface area contributed by atoms with Crippen LogP contribution in [0.15, 0.2) is 48.8 Å². The van der Waals surface area contributed by atoms with Gasteiger partial charge in [0.2, 0.25) is 0 Å². The molecule has 78 valence electrons. The van der Waals surface area contributed by atoms with E-state index in [0.717, 1.165) is 12.3 Å². The van der Waals surface area contributed by atoms with Gasteiger partial charge in [-0.15, -0.1) is 0 Å². The van der Waals surface area contributed by atoms with E-state index in [-0.39, 0.29) is 0 Å². The Balaban J connectivity index is 2.37. The fourth-order valence-electron chi connectivity index (χ4n) is 1.32. The topological polar surface area (TPSA) is 4.93 Å². The molecule has 0 aliphatic heterocycles. The zero-order valence-corrected chi connectivity index (χ0v) is 7.70. The van der Waals surface area contributed by atoms with Gasteiger partial charge in [-0.2, -0.15) is 13.2 Å². The van der Waals surface area contributed by atoms with E-state index in [1.807, 2.05) is 6.07 Å². The van der Waals surface area contributed by atoms with Crippen LogP contribution in [-0.2, 0) is 6.18 Å². The Bertz CT molecular complexity index is 442. The molecule has 2 rings (SSSR count). The number of benzene rings is 1. The first-order valence-corrected chi connectivity index (χ1v) is 4.38. The van der Waals surface area contributed by atoms with Crippen LogP contribution < -0.4 is 0 Å². The van der Waals surface area contributed by atoms with Gasteiger partial charge in [0.25, 0.3) is 0 Å². The van der Waals surface area contributed by atoms with E-state index in [1.165, 1.54) is 10.8 Å². The summed E-state index contributed by atoms with van der Waals surface area (Å²) in [4.78, 5) is 0. The van der Waals surface area contributed by atoms with E-state index in [9.17, 15) is 13.2 Å². The van der Waals surface area contributed by atoms with E-state index < -0.39 is 11.7 Å². The predicted octanol–water partition coefficient (Wildman–Crippen LogP) is 3.50. The number of hydrogen-bond donors (Lipinski definition) is 0. The standard InChI is InChI=1S/C11H8F3N/c12-11(13,14)9-6-7-15(8-9)10-4-2-1-3-5-10/h1-8H. The number of aromatic nitrogens is 1. The minimum absolute atomic E-state index is 0.633. The second-order valence-electron chi connectivity index (χ2n) is 3.14. The van der Waals surface area contributed by atoms with Crippen LogP contribution in [0.5, 0.6) is 0 Å². The highest BCUT2D eigenvalue weighted by molar-refractivity contribution is 5.33. The lowest BCUT2D eigenvalue weighted by molar-refractivity contribution is -0.137. The molecule has 1 aromatic heterocycles. The first kappa shape index (κ1) is 9.83. The van der Waals surface area contributed by atoms with Crippen LogP contribution >= 0.6 is 0 Å². The summed E-state index contributed by atoms with van der Waals surface area (Å²) in [6.45, 7) is 0. The molecule has 0 amide bonds. The molecule has 0 radical (unpaired) electrons. The highest BCUT2D eigenvalue weighted by Gasteiger charge is 2.31. The lowest BCUT2D eigenvalue weighted by Crippen LogP contribution is -2.02. The predicted molar refractivity (Wildman–Crippen MR) is 50.8 cm³/mol. The van der Waals surface area contributed by atoms with Gasteiger partial charge < -0.3 is 4.57 Å². The lowest BCUT2D eigenvalue weighted by Gasteiger charge is -2.03. The van der Waals surface area contributed by atoms with Gasteiger partial charge in [0.15, 0.2) is 0 Å². The highest BCUT2D eigenvalue weighted by atomic mass is 19.4. The Hall–Kier alpha value is -1.71. The maximum absolute atomic E-state index is 12.3. The average molecular weight is 211 g/mol. The second kappa shape index (κ2) is 3.46. The first-order chi connectivity index (χ1) is 7.07. The van der Waals surface area contributed by atoms with Gasteiger partial charge in [0, 0.05) is 18.1 Å². The van der Waals surface area contributed by atoms with Crippen molar-refractivity contribution in [2.24, 2.45) is 0 Å².